The van der Waals surface area contributed by atoms with E-state index in [9.17, 15) is 19.6 Å². The normalized spacial score (nSPS) is 12.4. The van der Waals surface area contributed by atoms with Crippen LogP contribution in [-0.4, -0.2) is 64.1 Å². The number of hydroxylamine groups is 2. The number of imide groups is 1. The summed E-state index contributed by atoms with van der Waals surface area (Å²) in [6.45, 7) is 7.21. The second-order valence-corrected chi connectivity index (χ2v) is 7.41. The van der Waals surface area contributed by atoms with Gasteiger partial charge in [-0.15, -0.1) is 0 Å². The molecule has 0 rings (SSSR count). The summed E-state index contributed by atoms with van der Waals surface area (Å²) in [7, 11) is 0. The molecule has 0 aromatic carbocycles. The first kappa shape index (κ1) is 25.3. The van der Waals surface area contributed by atoms with Gasteiger partial charge >= 0.3 is 6.09 Å². The van der Waals surface area contributed by atoms with Crippen LogP contribution in [0.25, 0.3) is 0 Å². The molecule has 0 aliphatic carbocycles. The minimum atomic E-state index is -0.840. The lowest BCUT2D eigenvalue weighted by atomic mass is 10.00. The zero-order valence-corrected chi connectivity index (χ0v) is 16.9. The zero-order chi connectivity index (χ0) is 20.9. The summed E-state index contributed by atoms with van der Waals surface area (Å²) in [5, 5.41) is 19.6. The summed E-state index contributed by atoms with van der Waals surface area (Å²) in [6, 6.07) is 0. The first-order valence-corrected chi connectivity index (χ1v) is 9.48. The molecule has 9 nitrogen and oxygen atoms in total. The quantitative estimate of drug-likeness (QED) is 0.191. The second-order valence-electron chi connectivity index (χ2n) is 7.41. The Hall–Kier alpha value is -1.71. The van der Waals surface area contributed by atoms with Crippen molar-refractivity contribution >= 4 is 18.4 Å². The first-order chi connectivity index (χ1) is 12.7. The maximum Gasteiger partial charge on any atom is 0.432 e. The Labute approximate surface area is 161 Å². The van der Waals surface area contributed by atoms with Crippen LogP contribution < -0.4 is 5.43 Å². The number of aliphatic hydroxyl groups excluding tert-OH is 1. The van der Waals surface area contributed by atoms with Crippen LogP contribution >= 0.6 is 0 Å². The van der Waals surface area contributed by atoms with Gasteiger partial charge in [-0.1, -0.05) is 26.2 Å². The number of ether oxygens (including phenoxy) is 1. The monoisotopic (exact) mass is 389 g/mol. The number of rotatable bonds is 13. The molecule has 0 aromatic rings. The van der Waals surface area contributed by atoms with Crippen molar-refractivity contribution in [2.24, 2.45) is 5.92 Å². The molecule has 1 unspecified atom stereocenters. The average Bonchev–Trinajstić information content (AvgIpc) is 2.58. The number of carbonyl (C=O) groups excluding carboxylic acids is 3. The number of nitrogens with zero attached hydrogens (tertiary/aromatic N) is 2. The fourth-order valence-electron chi connectivity index (χ4n) is 2.35. The fraction of sp³-hybridized carbons (Fsp3) is 0.833. The van der Waals surface area contributed by atoms with Crippen LogP contribution in [0.3, 0.4) is 0 Å². The highest BCUT2D eigenvalue weighted by Crippen LogP contribution is 2.16. The molecule has 3 N–H and O–H groups in total. The van der Waals surface area contributed by atoms with Gasteiger partial charge in [-0.2, -0.15) is 5.01 Å². The van der Waals surface area contributed by atoms with Crippen LogP contribution in [0.15, 0.2) is 0 Å². The van der Waals surface area contributed by atoms with Gasteiger partial charge in [0.15, 0.2) is 0 Å². The highest BCUT2D eigenvalue weighted by atomic mass is 16.6. The summed E-state index contributed by atoms with van der Waals surface area (Å²) in [5.41, 5.74) is 1.96. The molecule has 9 heteroatoms. The third-order valence-electron chi connectivity index (χ3n) is 3.69. The van der Waals surface area contributed by atoms with E-state index in [0.717, 1.165) is 24.3 Å². The number of nitrogens with one attached hydrogen (secondary N) is 1. The van der Waals surface area contributed by atoms with Gasteiger partial charge in [-0.05, 0) is 40.0 Å². The largest absolute Gasteiger partial charge is 0.442 e. The predicted octanol–water partition coefficient (Wildman–Crippen LogP) is 2.07. The number of carbonyl (C=O) groups is 3. The average molecular weight is 389 g/mol. The molecule has 27 heavy (non-hydrogen) atoms. The van der Waals surface area contributed by atoms with Crippen molar-refractivity contribution in [3.63, 3.8) is 0 Å². The van der Waals surface area contributed by atoms with Crippen LogP contribution in [0.5, 0.6) is 0 Å². The SMILES string of the molecule is CCCCCC(CN(O)C=O)C(=O)N(NCCCCO)C(=O)OC(C)(C)C. The third kappa shape index (κ3) is 11.6. The number of unbranched alkanes of at least 4 members (excludes halogenated alkanes) is 3. The van der Waals surface area contributed by atoms with Crippen LogP contribution in [0.1, 0.15) is 66.2 Å². The topological polar surface area (TPSA) is 119 Å². The molecular formula is C18H35N3O6. The molecular weight excluding hydrogens is 354 g/mol. The van der Waals surface area contributed by atoms with Crippen LogP contribution in [-0.2, 0) is 14.3 Å². The standard InChI is InChI=1S/C18H35N3O6/c1-5-6-7-10-15(13-20(26)14-23)16(24)21(19-11-8-9-12-22)17(25)27-18(2,3)4/h14-15,19,22,26H,5-13H2,1-4H3. The summed E-state index contributed by atoms with van der Waals surface area (Å²) in [6.07, 6.45) is 3.48. The van der Waals surface area contributed by atoms with Crippen LogP contribution in [0.4, 0.5) is 4.79 Å². The summed E-state index contributed by atoms with van der Waals surface area (Å²) in [4.78, 5) is 36.2. The molecule has 0 saturated heterocycles. The van der Waals surface area contributed by atoms with Gasteiger partial charge in [0.05, 0.1) is 12.5 Å². The Balaban J connectivity index is 5.26. The second kappa shape index (κ2) is 13.5. The smallest absolute Gasteiger partial charge is 0.432 e. The van der Waals surface area contributed by atoms with Crippen molar-refractivity contribution in [1.82, 2.24) is 15.5 Å². The molecule has 0 heterocycles. The zero-order valence-electron chi connectivity index (χ0n) is 16.9. The van der Waals surface area contributed by atoms with E-state index < -0.39 is 23.5 Å². The summed E-state index contributed by atoms with van der Waals surface area (Å²) in [5.74, 6) is -1.31. The number of hydrazine groups is 1. The molecule has 158 valence electrons. The van der Waals surface area contributed by atoms with E-state index >= 15 is 0 Å². The molecule has 3 amide bonds. The van der Waals surface area contributed by atoms with Gasteiger partial charge in [0.2, 0.25) is 6.41 Å². The maximum absolute atomic E-state index is 12.9. The molecule has 0 bridgehead atoms. The highest BCUT2D eigenvalue weighted by Gasteiger charge is 2.32. The molecule has 1 atom stereocenters. The van der Waals surface area contributed by atoms with Gasteiger partial charge in [-0.25, -0.2) is 15.3 Å². The van der Waals surface area contributed by atoms with E-state index in [4.69, 9.17) is 9.84 Å². The minimum Gasteiger partial charge on any atom is -0.442 e. The molecule has 0 aromatic heterocycles. The Morgan fingerprint density at radius 3 is 2.37 bits per heavy atom. The lowest BCUT2D eigenvalue weighted by molar-refractivity contribution is -0.157. The van der Waals surface area contributed by atoms with Gasteiger partial charge in [0.25, 0.3) is 5.91 Å². The molecule has 0 spiro atoms. The van der Waals surface area contributed by atoms with E-state index in [1.165, 1.54) is 0 Å². The maximum atomic E-state index is 12.9. The van der Waals surface area contributed by atoms with Crippen LogP contribution in [0, 0.1) is 5.92 Å². The number of aliphatic hydroxyl groups is 1. The van der Waals surface area contributed by atoms with Crippen molar-refractivity contribution in [3.05, 3.63) is 0 Å². The Morgan fingerprint density at radius 2 is 1.85 bits per heavy atom. The molecule has 0 aliphatic heterocycles. The predicted molar refractivity (Wildman–Crippen MR) is 99.6 cm³/mol. The van der Waals surface area contributed by atoms with Crippen molar-refractivity contribution < 1.29 is 29.4 Å². The minimum absolute atomic E-state index is 0.0144. The fourth-order valence-corrected chi connectivity index (χ4v) is 2.35. The molecule has 0 aliphatic rings. The lowest BCUT2D eigenvalue weighted by Gasteiger charge is -2.29. The molecule has 0 fully saturated rings. The van der Waals surface area contributed by atoms with Crippen molar-refractivity contribution in [2.45, 2.75) is 71.8 Å². The molecule has 0 saturated carbocycles. The highest BCUT2D eigenvalue weighted by molar-refractivity contribution is 5.93. The number of hydrogen-bond donors (Lipinski definition) is 3. The van der Waals surface area contributed by atoms with Gasteiger partial charge in [0, 0.05) is 13.2 Å². The summed E-state index contributed by atoms with van der Waals surface area (Å²) < 4.78 is 5.29. The van der Waals surface area contributed by atoms with E-state index in [1.54, 1.807) is 20.8 Å². The van der Waals surface area contributed by atoms with Crippen LogP contribution in [0.2, 0.25) is 0 Å². The van der Waals surface area contributed by atoms with Crippen molar-refractivity contribution in [3.8, 4) is 0 Å². The van der Waals surface area contributed by atoms with Crippen molar-refractivity contribution in [2.75, 3.05) is 19.7 Å². The van der Waals surface area contributed by atoms with Gasteiger partial charge in [0.1, 0.15) is 5.60 Å². The van der Waals surface area contributed by atoms with Gasteiger partial charge in [-0.3, -0.25) is 14.8 Å². The summed E-state index contributed by atoms with van der Waals surface area (Å²) >= 11 is 0. The first-order valence-electron chi connectivity index (χ1n) is 9.48. The van der Waals surface area contributed by atoms with Crippen molar-refractivity contribution in [1.29, 1.82) is 0 Å². The van der Waals surface area contributed by atoms with E-state index in [-0.39, 0.29) is 19.6 Å². The Kier molecular flexibility index (Phi) is 12.6. The molecule has 0 radical (unpaired) electrons. The Bertz CT molecular complexity index is 453. The van der Waals surface area contributed by atoms with E-state index in [0.29, 0.717) is 30.9 Å². The van der Waals surface area contributed by atoms with E-state index in [1.807, 2.05) is 6.92 Å². The van der Waals surface area contributed by atoms with E-state index in [2.05, 4.69) is 5.43 Å². The lowest BCUT2D eigenvalue weighted by Crippen LogP contribution is -2.53. The number of amides is 3. The number of hydrogen-bond acceptors (Lipinski definition) is 7. The Morgan fingerprint density at radius 1 is 1.19 bits per heavy atom. The third-order valence-corrected chi connectivity index (χ3v) is 3.69. The van der Waals surface area contributed by atoms with Gasteiger partial charge < -0.3 is 9.84 Å².